The van der Waals surface area contributed by atoms with Gasteiger partial charge in [-0.1, -0.05) is 6.08 Å². The van der Waals surface area contributed by atoms with Crippen LogP contribution in [0, 0.1) is 11.8 Å². The van der Waals surface area contributed by atoms with Gasteiger partial charge in [0.25, 0.3) is 0 Å². The van der Waals surface area contributed by atoms with Crippen LogP contribution in [0.2, 0.25) is 0 Å². The number of carbonyl (C=O) groups excluding carboxylic acids is 1. The highest BCUT2D eigenvalue weighted by atomic mass is 32.2. The highest BCUT2D eigenvalue weighted by Crippen LogP contribution is 2.23. The number of ether oxygens (including phenoxy) is 1. The van der Waals surface area contributed by atoms with Gasteiger partial charge in [-0.05, 0) is 18.8 Å². The van der Waals surface area contributed by atoms with Crippen molar-refractivity contribution in [3.05, 3.63) is 11.5 Å². The Hall–Kier alpha value is -0.920. The van der Waals surface area contributed by atoms with Gasteiger partial charge in [0.2, 0.25) is 5.91 Å². The molecular weight excluding hydrogens is 316 g/mol. The van der Waals surface area contributed by atoms with Crippen molar-refractivity contribution < 1.29 is 17.9 Å². The summed E-state index contributed by atoms with van der Waals surface area (Å²) in [5.41, 5.74) is 0. The van der Waals surface area contributed by atoms with Crippen molar-refractivity contribution in [1.82, 2.24) is 9.80 Å². The van der Waals surface area contributed by atoms with Gasteiger partial charge in [0.05, 0.1) is 19.0 Å². The molecule has 0 aromatic rings. The molecule has 0 N–H and O–H groups in total. The Morgan fingerprint density at radius 1 is 1.13 bits per heavy atom. The number of morpholine rings is 1. The second kappa shape index (κ2) is 7.32. The highest BCUT2D eigenvalue weighted by Gasteiger charge is 2.28. The van der Waals surface area contributed by atoms with Crippen LogP contribution in [0.15, 0.2) is 11.5 Å². The number of allylic oxidation sites excluding steroid dienone is 1. The Kier molecular flexibility index (Phi) is 5.38. The van der Waals surface area contributed by atoms with Gasteiger partial charge in [0.15, 0.2) is 9.84 Å². The van der Waals surface area contributed by atoms with Crippen molar-refractivity contribution in [2.45, 2.75) is 19.3 Å². The lowest BCUT2D eigenvalue weighted by atomic mass is 9.95. The van der Waals surface area contributed by atoms with Crippen molar-refractivity contribution in [2.24, 2.45) is 11.8 Å². The molecule has 2 saturated heterocycles. The first kappa shape index (κ1) is 16.9. The number of sulfone groups is 1. The van der Waals surface area contributed by atoms with Crippen LogP contribution < -0.4 is 0 Å². The van der Waals surface area contributed by atoms with Crippen LogP contribution in [0.1, 0.15) is 19.3 Å². The fraction of sp³-hybridized carbons (Fsp3) is 0.812. The van der Waals surface area contributed by atoms with Crippen LogP contribution in [-0.4, -0.2) is 75.8 Å². The number of nitrogens with zero attached hydrogens (tertiary/aromatic N) is 2. The molecule has 3 aliphatic heterocycles. The van der Waals surface area contributed by atoms with Gasteiger partial charge in [-0.25, -0.2) is 8.42 Å². The third-order valence-corrected chi connectivity index (χ3v) is 6.49. The summed E-state index contributed by atoms with van der Waals surface area (Å²) < 4.78 is 28.2. The lowest BCUT2D eigenvalue weighted by Gasteiger charge is -2.36. The van der Waals surface area contributed by atoms with E-state index in [4.69, 9.17) is 4.74 Å². The summed E-state index contributed by atoms with van der Waals surface area (Å²) in [5.74, 6) is 0.704. The number of piperidine rings is 1. The van der Waals surface area contributed by atoms with Crippen LogP contribution in [0.4, 0.5) is 0 Å². The zero-order valence-corrected chi connectivity index (χ0v) is 14.3. The molecule has 130 valence electrons. The monoisotopic (exact) mass is 342 g/mol. The first-order chi connectivity index (χ1) is 11.0. The summed E-state index contributed by atoms with van der Waals surface area (Å²) in [5, 5.41) is 1.25. The fourth-order valence-corrected chi connectivity index (χ4v) is 5.03. The summed E-state index contributed by atoms with van der Waals surface area (Å²) in [4.78, 5) is 16.7. The van der Waals surface area contributed by atoms with Gasteiger partial charge < -0.3 is 9.64 Å². The predicted molar refractivity (Wildman–Crippen MR) is 87.6 cm³/mol. The second-order valence-electron chi connectivity index (χ2n) is 6.86. The topological polar surface area (TPSA) is 66.9 Å². The van der Waals surface area contributed by atoms with E-state index < -0.39 is 9.84 Å². The Morgan fingerprint density at radius 2 is 1.83 bits per heavy atom. The summed E-state index contributed by atoms with van der Waals surface area (Å²) in [6.07, 6.45) is 4.08. The van der Waals surface area contributed by atoms with Crippen molar-refractivity contribution in [1.29, 1.82) is 0 Å². The van der Waals surface area contributed by atoms with Gasteiger partial charge in [-0.15, -0.1) is 0 Å². The average Bonchev–Trinajstić information content (AvgIpc) is 2.88. The minimum atomic E-state index is -3.06. The minimum absolute atomic E-state index is 0.0895. The van der Waals surface area contributed by atoms with Crippen molar-refractivity contribution in [3.8, 4) is 0 Å². The summed E-state index contributed by atoms with van der Waals surface area (Å²) in [7, 11) is -3.06. The van der Waals surface area contributed by atoms with Crippen LogP contribution in [0.25, 0.3) is 0 Å². The number of rotatable bonds is 4. The molecule has 7 heteroatoms. The van der Waals surface area contributed by atoms with Crippen LogP contribution in [0.3, 0.4) is 0 Å². The van der Waals surface area contributed by atoms with Crippen LogP contribution >= 0.6 is 0 Å². The minimum Gasteiger partial charge on any atom is -0.379 e. The smallest absolute Gasteiger partial charge is 0.223 e. The molecule has 1 amide bonds. The maximum Gasteiger partial charge on any atom is 0.223 e. The standard InChI is InChI=1S/C16H26N2O4S/c19-16(11-15-3-10-23(20,21)13-15)18-4-1-14(2-5-18)12-17-6-8-22-9-7-17/h3,10,14-15H,1-2,4-9,11-13H2/t15-/m0/s1. The molecule has 3 rings (SSSR count). The van der Waals surface area contributed by atoms with Gasteiger partial charge in [-0.3, -0.25) is 9.69 Å². The molecule has 0 saturated carbocycles. The first-order valence-electron chi connectivity index (χ1n) is 8.51. The van der Waals surface area contributed by atoms with Crippen molar-refractivity contribution in [2.75, 3.05) is 51.7 Å². The van der Waals surface area contributed by atoms with Gasteiger partial charge in [-0.2, -0.15) is 0 Å². The normalized spacial score (nSPS) is 29.0. The number of hydrogen-bond donors (Lipinski definition) is 0. The Labute approximate surface area is 138 Å². The van der Waals surface area contributed by atoms with E-state index in [-0.39, 0.29) is 17.6 Å². The van der Waals surface area contributed by atoms with E-state index in [0.717, 1.165) is 58.8 Å². The molecule has 6 nitrogen and oxygen atoms in total. The molecule has 0 aliphatic carbocycles. The zero-order chi connectivity index (χ0) is 16.3. The summed E-state index contributed by atoms with van der Waals surface area (Å²) >= 11 is 0. The zero-order valence-electron chi connectivity index (χ0n) is 13.5. The second-order valence-corrected chi connectivity index (χ2v) is 8.79. The molecule has 23 heavy (non-hydrogen) atoms. The largest absolute Gasteiger partial charge is 0.379 e. The summed E-state index contributed by atoms with van der Waals surface area (Å²) in [6.45, 7) is 6.40. The molecule has 0 unspecified atom stereocenters. The van der Waals surface area contributed by atoms with Crippen molar-refractivity contribution >= 4 is 15.7 Å². The van der Waals surface area contributed by atoms with E-state index in [1.807, 2.05) is 4.90 Å². The highest BCUT2D eigenvalue weighted by molar-refractivity contribution is 7.94. The Bertz CT molecular complexity index is 546. The van der Waals surface area contributed by atoms with Crippen LogP contribution in [-0.2, 0) is 19.4 Å². The van der Waals surface area contributed by atoms with E-state index in [2.05, 4.69) is 4.90 Å². The predicted octanol–water partition coefficient (Wildman–Crippen LogP) is 0.506. The van der Waals surface area contributed by atoms with Gasteiger partial charge >= 0.3 is 0 Å². The summed E-state index contributed by atoms with van der Waals surface area (Å²) in [6, 6.07) is 0. The molecule has 0 radical (unpaired) electrons. The lowest BCUT2D eigenvalue weighted by Crippen LogP contribution is -2.44. The molecule has 2 fully saturated rings. The lowest BCUT2D eigenvalue weighted by molar-refractivity contribution is -0.133. The molecule has 0 aromatic heterocycles. The number of hydrogen-bond acceptors (Lipinski definition) is 5. The average molecular weight is 342 g/mol. The molecule has 0 bridgehead atoms. The molecule has 3 heterocycles. The Balaban J connectivity index is 1.40. The number of amides is 1. The molecular formula is C16H26N2O4S. The third kappa shape index (κ3) is 4.78. The first-order valence-corrected chi connectivity index (χ1v) is 10.2. The third-order valence-electron chi connectivity index (χ3n) is 5.03. The number of carbonyl (C=O) groups is 1. The molecule has 3 aliphatic rings. The molecule has 0 aromatic carbocycles. The maximum atomic E-state index is 12.3. The van der Waals surface area contributed by atoms with Crippen LogP contribution in [0.5, 0.6) is 0 Å². The van der Waals surface area contributed by atoms with Crippen molar-refractivity contribution in [3.63, 3.8) is 0 Å². The maximum absolute atomic E-state index is 12.3. The van der Waals surface area contributed by atoms with E-state index in [0.29, 0.717) is 12.3 Å². The van der Waals surface area contributed by atoms with Gasteiger partial charge in [0.1, 0.15) is 0 Å². The van der Waals surface area contributed by atoms with Gasteiger partial charge in [0, 0.05) is 50.5 Å². The van der Waals surface area contributed by atoms with E-state index >= 15 is 0 Å². The van der Waals surface area contributed by atoms with E-state index in [9.17, 15) is 13.2 Å². The fourth-order valence-electron chi connectivity index (χ4n) is 3.63. The quantitative estimate of drug-likeness (QED) is 0.744. The van der Waals surface area contributed by atoms with E-state index in [1.54, 1.807) is 6.08 Å². The number of likely N-dealkylation sites (tertiary alicyclic amines) is 1. The molecule has 0 spiro atoms. The SMILES string of the molecule is O=C(C[C@@H]1C=CS(=O)(=O)C1)N1CCC(CN2CCOCC2)CC1. The van der Waals surface area contributed by atoms with E-state index in [1.165, 1.54) is 5.41 Å². The molecule has 1 atom stereocenters. The Morgan fingerprint density at radius 3 is 2.43 bits per heavy atom.